The Morgan fingerprint density at radius 1 is 1.17 bits per heavy atom. The third kappa shape index (κ3) is 1.96. The van der Waals surface area contributed by atoms with Gasteiger partial charge in [-0.2, -0.15) is 0 Å². The fraction of sp³-hybridized carbons (Fsp3) is 0. The summed E-state index contributed by atoms with van der Waals surface area (Å²) in [5.41, 5.74) is 8.73. The first kappa shape index (κ1) is 10.9. The molecule has 0 aliphatic heterocycles. The molecule has 0 spiro atoms. The average molecular weight is 260 g/mol. The summed E-state index contributed by atoms with van der Waals surface area (Å²) in [6, 6.07) is 9.19. The van der Waals surface area contributed by atoms with Gasteiger partial charge in [0, 0.05) is 17.6 Å². The predicted molar refractivity (Wildman–Crippen MR) is 73.0 cm³/mol. The summed E-state index contributed by atoms with van der Waals surface area (Å²) in [6.07, 6.45) is 1.62. The van der Waals surface area contributed by atoms with Gasteiger partial charge in [-0.1, -0.05) is 11.6 Å². The predicted octanol–water partition coefficient (Wildman–Crippen LogP) is 2.94. The molecule has 0 unspecified atom stereocenters. The van der Waals surface area contributed by atoms with E-state index in [1.807, 2.05) is 24.3 Å². The monoisotopic (exact) mass is 259 g/mol. The van der Waals surface area contributed by atoms with Gasteiger partial charge in [-0.15, -0.1) is 0 Å². The van der Waals surface area contributed by atoms with Crippen molar-refractivity contribution in [3.63, 3.8) is 0 Å². The summed E-state index contributed by atoms with van der Waals surface area (Å²) in [5, 5.41) is 3.55. The summed E-state index contributed by atoms with van der Waals surface area (Å²) in [6.45, 7) is 0. The molecule has 0 atom stereocenters. The Bertz CT molecular complexity index is 689. The highest BCUT2D eigenvalue weighted by Gasteiger charge is 2.06. The van der Waals surface area contributed by atoms with E-state index >= 15 is 0 Å². The molecule has 0 bridgehead atoms. The molecule has 2 heterocycles. The van der Waals surface area contributed by atoms with Gasteiger partial charge in [-0.05, 0) is 30.3 Å². The maximum atomic E-state index is 5.97. The zero-order valence-corrected chi connectivity index (χ0v) is 10.1. The standard InChI is InChI=1S/C12H10ClN5/c13-11-10-9(5-6-15-11)17-12(18-10)16-8-3-1-7(14)2-4-8/h1-6H,14H2,(H2,16,17,18). The first-order valence-corrected chi connectivity index (χ1v) is 5.73. The van der Waals surface area contributed by atoms with Crippen LogP contribution in [0, 0.1) is 0 Å². The van der Waals surface area contributed by atoms with Crippen molar-refractivity contribution in [2.75, 3.05) is 11.1 Å². The minimum atomic E-state index is 0.408. The number of fused-ring (bicyclic) bond motifs is 1. The number of aromatic nitrogens is 3. The topological polar surface area (TPSA) is 79.6 Å². The summed E-state index contributed by atoms with van der Waals surface area (Å²) in [7, 11) is 0. The average Bonchev–Trinajstić information content (AvgIpc) is 2.76. The lowest BCUT2D eigenvalue weighted by molar-refractivity contribution is 1.31. The Labute approximate surface area is 108 Å². The number of nitrogens with zero attached hydrogens (tertiary/aromatic N) is 2. The number of hydrogen-bond acceptors (Lipinski definition) is 4. The molecular formula is C12H10ClN5. The summed E-state index contributed by atoms with van der Waals surface area (Å²) in [5.74, 6) is 0.615. The Hall–Kier alpha value is -2.27. The van der Waals surface area contributed by atoms with Gasteiger partial charge >= 0.3 is 0 Å². The molecule has 4 N–H and O–H groups in total. The van der Waals surface area contributed by atoms with E-state index in [-0.39, 0.29) is 0 Å². The highest BCUT2D eigenvalue weighted by atomic mass is 35.5. The summed E-state index contributed by atoms with van der Waals surface area (Å²) in [4.78, 5) is 11.4. The Kier molecular flexibility index (Phi) is 2.53. The molecule has 0 amide bonds. The van der Waals surface area contributed by atoms with Crippen molar-refractivity contribution in [1.29, 1.82) is 0 Å². The van der Waals surface area contributed by atoms with Crippen molar-refractivity contribution in [3.05, 3.63) is 41.7 Å². The molecule has 3 aromatic rings. The van der Waals surface area contributed by atoms with Gasteiger partial charge in [-0.25, -0.2) is 9.97 Å². The van der Waals surface area contributed by atoms with Crippen LogP contribution in [0.2, 0.25) is 5.15 Å². The molecule has 0 saturated carbocycles. The number of imidazole rings is 1. The fourth-order valence-electron chi connectivity index (χ4n) is 1.66. The van der Waals surface area contributed by atoms with Gasteiger partial charge in [0.15, 0.2) is 5.15 Å². The highest BCUT2D eigenvalue weighted by molar-refractivity contribution is 6.33. The fourth-order valence-corrected chi connectivity index (χ4v) is 1.87. The van der Waals surface area contributed by atoms with Crippen LogP contribution in [0.4, 0.5) is 17.3 Å². The largest absolute Gasteiger partial charge is 0.399 e. The quantitative estimate of drug-likeness (QED) is 0.488. The van der Waals surface area contributed by atoms with Crippen molar-refractivity contribution in [1.82, 2.24) is 15.0 Å². The molecule has 0 fully saturated rings. The van der Waals surface area contributed by atoms with Crippen LogP contribution in [0.5, 0.6) is 0 Å². The first-order chi connectivity index (χ1) is 8.72. The molecule has 0 saturated heterocycles. The SMILES string of the molecule is Nc1ccc(Nc2nc3ccnc(Cl)c3[nH]2)cc1. The first-order valence-electron chi connectivity index (χ1n) is 5.35. The van der Waals surface area contributed by atoms with Crippen LogP contribution in [0.1, 0.15) is 0 Å². The lowest BCUT2D eigenvalue weighted by Gasteiger charge is -2.02. The summed E-state index contributed by atoms with van der Waals surface area (Å²) >= 11 is 5.97. The zero-order valence-electron chi connectivity index (χ0n) is 9.31. The maximum Gasteiger partial charge on any atom is 0.205 e. The van der Waals surface area contributed by atoms with Crippen LogP contribution in [0.15, 0.2) is 36.5 Å². The number of aromatic amines is 1. The van der Waals surface area contributed by atoms with Crippen LogP contribution in [-0.2, 0) is 0 Å². The third-order valence-corrected chi connectivity index (χ3v) is 2.82. The highest BCUT2D eigenvalue weighted by Crippen LogP contribution is 2.22. The minimum absolute atomic E-state index is 0.408. The molecule has 18 heavy (non-hydrogen) atoms. The molecule has 6 heteroatoms. The van der Waals surface area contributed by atoms with Crippen molar-refractivity contribution in [2.24, 2.45) is 0 Å². The number of nitrogens with two attached hydrogens (primary N) is 1. The lowest BCUT2D eigenvalue weighted by atomic mass is 10.3. The number of benzene rings is 1. The van der Waals surface area contributed by atoms with Crippen LogP contribution >= 0.6 is 11.6 Å². The lowest BCUT2D eigenvalue weighted by Crippen LogP contribution is -1.92. The Morgan fingerprint density at radius 3 is 2.67 bits per heavy atom. The second-order valence-corrected chi connectivity index (χ2v) is 4.19. The second kappa shape index (κ2) is 4.19. The van der Waals surface area contributed by atoms with E-state index in [2.05, 4.69) is 20.3 Å². The van der Waals surface area contributed by atoms with E-state index in [4.69, 9.17) is 17.3 Å². The summed E-state index contributed by atoms with van der Waals surface area (Å²) < 4.78 is 0. The van der Waals surface area contributed by atoms with E-state index < -0.39 is 0 Å². The number of halogens is 1. The maximum absolute atomic E-state index is 5.97. The molecule has 5 nitrogen and oxygen atoms in total. The van der Waals surface area contributed by atoms with Gasteiger partial charge in [0.1, 0.15) is 5.52 Å². The van der Waals surface area contributed by atoms with Gasteiger partial charge in [0.05, 0.1) is 5.52 Å². The van der Waals surface area contributed by atoms with Crippen LogP contribution in [-0.4, -0.2) is 15.0 Å². The van der Waals surface area contributed by atoms with Gasteiger partial charge in [0.25, 0.3) is 0 Å². The molecule has 3 rings (SSSR count). The van der Waals surface area contributed by atoms with E-state index in [0.717, 1.165) is 22.4 Å². The van der Waals surface area contributed by atoms with Crippen molar-refractivity contribution >= 4 is 40.0 Å². The zero-order chi connectivity index (χ0) is 12.5. The number of pyridine rings is 1. The number of hydrogen-bond donors (Lipinski definition) is 3. The Morgan fingerprint density at radius 2 is 1.94 bits per heavy atom. The number of anilines is 3. The van der Waals surface area contributed by atoms with Crippen molar-refractivity contribution in [3.8, 4) is 0 Å². The van der Waals surface area contributed by atoms with E-state index in [1.54, 1.807) is 12.3 Å². The van der Waals surface area contributed by atoms with Crippen molar-refractivity contribution < 1.29 is 0 Å². The number of H-pyrrole nitrogens is 1. The molecule has 1 aromatic carbocycles. The molecule has 0 radical (unpaired) electrons. The molecular weight excluding hydrogens is 250 g/mol. The minimum Gasteiger partial charge on any atom is -0.399 e. The van der Waals surface area contributed by atoms with Crippen LogP contribution < -0.4 is 11.1 Å². The van der Waals surface area contributed by atoms with Gasteiger partial charge < -0.3 is 16.0 Å². The number of rotatable bonds is 2. The second-order valence-electron chi connectivity index (χ2n) is 3.83. The van der Waals surface area contributed by atoms with Crippen molar-refractivity contribution in [2.45, 2.75) is 0 Å². The number of nitrogens with one attached hydrogen (secondary N) is 2. The number of nitrogen functional groups attached to an aromatic ring is 1. The third-order valence-electron chi connectivity index (χ3n) is 2.53. The van der Waals surface area contributed by atoms with E-state index in [9.17, 15) is 0 Å². The molecule has 0 aliphatic carbocycles. The van der Waals surface area contributed by atoms with E-state index in [0.29, 0.717) is 11.1 Å². The molecule has 2 aromatic heterocycles. The molecule has 0 aliphatic rings. The smallest absolute Gasteiger partial charge is 0.205 e. The van der Waals surface area contributed by atoms with Gasteiger partial charge in [0.2, 0.25) is 5.95 Å². The van der Waals surface area contributed by atoms with Crippen LogP contribution in [0.25, 0.3) is 11.0 Å². The van der Waals surface area contributed by atoms with Gasteiger partial charge in [-0.3, -0.25) is 0 Å². The van der Waals surface area contributed by atoms with E-state index in [1.165, 1.54) is 0 Å². The Balaban J connectivity index is 1.95. The molecule has 90 valence electrons. The normalized spacial score (nSPS) is 10.7. The van der Waals surface area contributed by atoms with Crippen LogP contribution in [0.3, 0.4) is 0 Å².